The highest BCUT2D eigenvalue weighted by molar-refractivity contribution is 6.06. The zero-order valence-electron chi connectivity index (χ0n) is 15.4. The molecule has 1 aromatic rings. The molecule has 0 spiro atoms. The maximum absolute atomic E-state index is 12.6. The van der Waals surface area contributed by atoms with Crippen LogP contribution in [0.5, 0.6) is 0 Å². The molecule has 2 bridgehead atoms. The zero-order valence-corrected chi connectivity index (χ0v) is 15.4. The Labute approximate surface area is 158 Å². The summed E-state index contributed by atoms with van der Waals surface area (Å²) in [5.41, 5.74) is 7.09. The molecule has 3 N–H and O–H groups in total. The van der Waals surface area contributed by atoms with Crippen LogP contribution in [0.25, 0.3) is 0 Å². The molecule has 3 amide bonds. The molecule has 1 saturated carbocycles. The first-order valence-corrected chi connectivity index (χ1v) is 9.61. The van der Waals surface area contributed by atoms with Crippen LogP contribution in [0.2, 0.25) is 0 Å². The van der Waals surface area contributed by atoms with Gasteiger partial charge in [-0.15, -0.1) is 0 Å². The first-order valence-electron chi connectivity index (χ1n) is 9.61. The number of hydrogen-bond donors (Lipinski definition) is 2. The fourth-order valence-electron chi connectivity index (χ4n) is 4.76. The second-order valence-electron chi connectivity index (χ2n) is 7.84. The second kappa shape index (κ2) is 6.93. The number of hydrogen-bond acceptors (Lipinski definition) is 4. The molecule has 2 fully saturated rings. The molecule has 4 rings (SSSR count). The third-order valence-corrected chi connectivity index (χ3v) is 6.33. The topological polar surface area (TPSA) is 92.5 Å². The van der Waals surface area contributed by atoms with Crippen LogP contribution in [0.3, 0.4) is 0 Å². The van der Waals surface area contributed by atoms with Gasteiger partial charge in [0, 0.05) is 19.1 Å². The van der Waals surface area contributed by atoms with E-state index in [0.717, 1.165) is 12.0 Å². The standard InChI is InChI=1S/C21H25N3O3/c1-12(18(22)13-5-3-2-4-6-13)19(25)23-9-10-24-20(26)16-14-7-8-15(11-14)17(16)21(24)27/h2-8,12,14-18H,9-11,22H2,1H3,(H,23,25). The molecule has 142 valence electrons. The minimum Gasteiger partial charge on any atom is -0.354 e. The Morgan fingerprint density at radius 3 is 2.33 bits per heavy atom. The van der Waals surface area contributed by atoms with Crippen molar-refractivity contribution in [2.75, 3.05) is 13.1 Å². The molecule has 27 heavy (non-hydrogen) atoms. The SMILES string of the molecule is CC(C(=O)NCCN1C(=O)C2C3C=CC(C3)C2C1=O)C(N)c1ccccc1. The largest absolute Gasteiger partial charge is 0.354 e. The first kappa shape index (κ1) is 17.9. The molecule has 6 nitrogen and oxygen atoms in total. The molecule has 1 heterocycles. The molecule has 6 heteroatoms. The van der Waals surface area contributed by atoms with Crippen LogP contribution in [0.4, 0.5) is 0 Å². The summed E-state index contributed by atoms with van der Waals surface area (Å²) in [6.45, 7) is 2.26. The molecule has 1 saturated heterocycles. The van der Waals surface area contributed by atoms with Gasteiger partial charge in [-0.05, 0) is 23.8 Å². The van der Waals surface area contributed by atoms with Gasteiger partial charge in [0.2, 0.25) is 17.7 Å². The number of benzene rings is 1. The van der Waals surface area contributed by atoms with E-state index in [-0.39, 0.29) is 54.5 Å². The number of carbonyl (C=O) groups excluding carboxylic acids is 3. The lowest BCUT2D eigenvalue weighted by Crippen LogP contribution is -2.42. The molecule has 0 radical (unpaired) electrons. The first-order chi connectivity index (χ1) is 13.0. The number of likely N-dealkylation sites (tertiary alicyclic amines) is 1. The predicted molar refractivity (Wildman–Crippen MR) is 100.0 cm³/mol. The Bertz CT molecular complexity index is 761. The molecule has 0 aromatic heterocycles. The van der Waals surface area contributed by atoms with Crippen molar-refractivity contribution in [2.45, 2.75) is 19.4 Å². The van der Waals surface area contributed by atoms with Crippen LogP contribution in [0.1, 0.15) is 24.9 Å². The minimum absolute atomic E-state index is 0.0786. The minimum atomic E-state index is -0.406. The van der Waals surface area contributed by atoms with Gasteiger partial charge < -0.3 is 11.1 Å². The van der Waals surface area contributed by atoms with Crippen LogP contribution >= 0.6 is 0 Å². The number of rotatable bonds is 6. The van der Waals surface area contributed by atoms with E-state index >= 15 is 0 Å². The van der Waals surface area contributed by atoms with Gasteiger partial charge in [-0.25, -0.2) is 0 Å². The average molecular weight is 367 g/mol. The summed E-state index contributed by atoms with van der Waals surface area (Å²) in [5, 5.41) is 2.82. The Morgan fingerprint density at radius 1 is 1.15 bits per heavy atom. The highest BCUT2D eigenvalue weighted by Gasteiger charge is 2.58. The summed E-state index contributed by atoms with van der Waals surface area (Å²) in [7, 11) is 0. The van der Waals surface area contributed by atoms with E-state index in [1.54, 1.807) is 6.92 Å². The van der Waals surface area contributed by atoms with Gasteiger partial charge in [-0.3, -0.25) is 19.3 Å². The number of nitrogens with one attached hydrogen (secondary N) is 1. The van der Waals surface area contributed by atoms with E-state index in [1.807, 2.05) is 30.3 Å². The van der Waals surface area contributed by atoms with E-state index in [2.05, 4.69) is 17.5 Å². The van der Waals surface area contributed by atoms with Crippen LogP contribution < -0.4 is 11.1 Å². The van der Waals surface area contributed by atoms with Gasteiger partial charge in [-0.1, -0.05) is 49.4 Å². The van der Waals surface area contributed by atoms with E-state index in [1.165, 1.54) is 4.90 Å². The summed E-state index contributed by atoms with van der Waals surface area (Å²) in [6, 6.07) is 9.09. The molecule has 1 aromatic carbocycles. The molecule has 6 unspecified atom stereocenters. The Morgan fingerprint density at radius 2 is 1.74 bits per heavy atom. The third-order valence-electron chi connectivity index (χ3n) is 6.33. The lowest BCUT2D eigenvalue weighted by molar-refractivity contribution is -0.141. The van der Waals surface area contributed by atoms with Crippen molar-refractivity contribution in [1.82, 2.24) is 10.2 Å². The molecular weight excluding hydrogens is 342 g/mol. The predicted octanol–water partition coefficient (Wildman–Crippen LogP) is 1.25. The van der Waals surface area contributed by atoms with E-state index in [4.69, 9.17) is 5.73 Å². The van der Waals surface area contributed by atoms with Gasteiger partial charge in [0.15, 0.2) is 0 Å². The fourth-order valence-corrected chi connectivity index (χ4v) is 4.76. The van der Waals surface area contributed by atoms with Gasteiger partial charge in [0.25, 0.3) is 0 Å². The van der Waals surface area contributed by atoms with Crippen LogP contribution in [-0.4, -0.2) is 35.7 Å². The molecule has 2 aliphatic carbocycles. The Balaban J connectivity index is 1.30. The normalized spacial score (nSPS) is 30.5. The van der Waals surface area contributed by atoms with Gasteiger partial charge >= 0.3 is 0 Å². The number of amides is 3. The molecule has 3 aliphatic rings. The maximum Gasteiger partial charge on any atom is 0.233 e. The summed E-state index contributed by atoms with van der Waals surface area (Å²) in [6.07, 6.45) is 5.08. The lowest BCUT2D eigenvalue weighted by Gasteiger charge is -2.21. The Hall–Kier alpha value is -2.47. The molecular formula is C21H25N3O3. The van der Waals surface area contributed by atoms with Gasteiger partial charge in [-0.2, -0.15) is 0 Å². The fraction of sp³-hybridized carbons (Fsp3) is 0.476. The van der Waals surface area contributed by atoms with Gasteiger partial charge in [0.1, 0.15) is 0 Å². The second-order valence-corrected chi connectivity index (χ2v) is 7.84. The van der Waals surface area contributed by atoms with Crippen LogP contribution in [-0.2, 0) is 14.4 Å². The quantitative estimate of drug-likeness (QED) is 0.585. The van der Waals surface area contributed by atoms with E-state index < -0.39 is 12.0 Å². The number of nitrogens with two attached hydrogens (primary N) is 1. The summed E-state index contributed by atoms with van der Waals surface area (Å²) in [4.78, 5) is 39.0. The van der Waals surface area contributed by atoms with Crippen molar-refractivity contribution in [3.05, 3.63) is 48.0 Å². The van der Waals surface area contributed by atoms with Crippen molar-refractivity contribution in [1.29, 1.82) is 0 Å². The third kappa shape index (κ3) is 2.98. The summed E-state index contributed by atoms with van der Waals surface area (Å²) in [5.74, 6) is -0.693. The van der Waals surface area contributed by atoms with Crippen molar-refractivity contribution in [3.63, 3.8) is 0 Å². The van der Waals surface area contributed by atoms with E-state index in [0.29, 0.717) is 0 Å². The van der Waals surface area contributed by atoms with Crippen LogP contribution in [0.15, 0.2) is 42.5 Å². The number of fused-ring (bicyclic) bond motifs is 5. The number of imide groups is 1. The summed E-state index contributed by atoms with van der Waals surface area (Å²) < 4.78 is 0. The smallest absolute Gasteiger partial charge is 0.233 e. The Kier molecular flexibility index (Phi) is 4.60. The molecule has 6 atom stereocenters. The monoisotopic (exact) mass is 367 g/mol. The van der Waals surface area contributed by atoms with E-state index in [9.17, 15) is 14.4 Å². The average Bonchev–Trinajstić information content (AvgIpc) is 3.37. The number of nitrogens with zero attached hydrogens (tertiary/aromatic N) is 1. The summed E-state index contributed by atoms with van der Waals surface area (Å²) >= 11 is 0. The van der Waals surface area contributed by atoms with Crippen molar-refractivity contribution in [2.24, 2.45) is 35.3 Å². The lowest BCUT2D eigenvalue weighted by atomic mass is 9.85. The molecule has 1 aliphatic heterocycles. The van der Waals surface area contributed by atoms with Gasteiger partial charge in [0.05, 0.1) is 17.8 Å². The van der Waals surface area contributed by atoms with Crippen molar-refractivity contribution in [3.8, 4) is 0 Å². The van der Waals surface area contributed by atoms with Crippen LogP contribution in [0, 0.1) is 29.6 Å². The maximum atomic E-state index is 12.6. The highest BCUT2D eigenvalue weighted by Crippen LogP contribution is 2.52. The number of allylic oxidation sites excluding steroid dienone is 2. The zero-order chi connectivity index (χ0) is 19.1. The van der Waals surface area contributed by atoms with Crippen molar-refractivity contribution < 1.29 is 14.4 Å². The number of carbonyl (C=O) groups is 3. The van der Waals surface area contributed by atoms with Crippen molar-refractivity contribution >= 4 is 17.7 Å². The highest BCUT2D eigenvalue weighted by atomic mass is 16.2.